The molecule has 27 heavy (non-hydrogen) atoms. The number of carbonyl (C=O) groups is 1. The molecule has 1 saturated heterocycles. The van der Waals surface area contributed by atoms with E-state index in [1.54, 1.807) is 0 Å². The van der Waals surface area contributed by atoms with E-state index < -0.39 is 9.84 Å². The molecule has 1 aromatic heterocycles. The Morgan fingerprint density at radius 2 is 2.07 bits per heavy atom. The summed E-state index contributed by atoms with van der Waals surface area (Å²) in [5, 5.41) is 11.9. The van der Waals surface area contributed by atoms with Gasteiger partial charge in [-0.25, -0.2) is 8.42 Å². The van der Waals surface area contributed by atoms with Crippen molar-refractivity contribution >= 4 is 33.2 Å². The molecule has 1 aliphatic heterocycles. The highest BCUT2D eigenvalue weighted by Gasteiger charge is 2.29. The molecule has 2 aromatic rings. The van der Waals surface area contributed by atoms with Gasteiger partial charge < -0.3 is 9.88 Å². The highest BCUT2D eigenvalue weighted by atomic mass is 32.2. The number of nitrogens with zero attached hydrogens (tertiary/aromatic N) is 3. The molecule has 2 heterocycles. The van der Waals surface area contributed by atoms with Gasteiger partial charge in [0.2, 0.25) is 5.91 Å². The Kier molecular flexibility index (Phi) is 5.90. The molecule has 1 amide bonds. The zero-order valence-electron chi connectivity index (χ0n) is 15.7. The minimum absolute atomic E-state index is 0.101. The van der Waals surface area contributed by atoms with E-state index in [4.69, 9.17) is 0 Å². The van der Waals surface area contributed by atoms with Gasteiger partial charge in [-0.2, -0.15) is 0 Å². The Morgan fingerprint density at radius 1 is 1.30 bits per heavy atom. The van der Waals surface area contributed by atoms with Crippen molar-refractivity contribution in [3.8, 4) is 0 Å². The van der Waals surface area contributed by atoms with Crippen LogP contribution in [-0.2, 0) is 28.1 Å². The first-order valence-electron chi connectivity index (χ1n) is 8.82. The van der Waals surface area contributed by atoms with Crippen molar-refractivity contribution in [1.82, 2.24) is 14.8 Å². The topological polar surface area (TPSA) is 94.0 Å². The lowest BCUT2D eigenvalue weighted by Gasteiger charge is -2.08. The number of carbonyl (C=O) groups excluding carboxylic acids is 1. The Bertz CT molecular complexity index is 954. The average Bonchev–Trinajstić information content (AvgIpc) is 3.12. The van der Waals surface area contributed by atoms with Crippen molar-refractivity contribution in [3.05, 3.63) is 35.2 Å². The number of hydrogen-bond acceptors (Lipinski definition) is 6. The lowest BCUT2D eigenvalue weighted by Crippen LogP contribution is -2.15. The summed E-state index contributed by atoms with van der Waals surface area (Å²) in [5.41, 5.74) is 3.10. The van der Waals surface area contributed by atoms with Crippen LogP contribution in [0, 0.1) is 19.8 Å². The van der Waals surface area contributed by atoms with Crippen LogP contribution < -0.4 is 5.32 Å². The molecular weight excluding hydrogens is 384 g/mol. The van der Waals surface area contributed by atoms with Crippen LogP contribution in [0.5, 0.6) is 0 Å². The van der Waals surface area contributed by atoms with E-state index in [-0.39, 0.29) is 29.1 Å². The number of benzene rings is 1. The summed E-state index contributed by atoms with van der Waals surface area (Å²) >= 11 is 1.32. The molecule has 1 aliphatic rings. The van der Waals surface area contributed by atoms with E-state index in [0.29, 0.717) is 18.0 Å². The van der Waals surface area contributed by atoms with Crippen LogP contribution in [0.4, 0.5) is 5.69 Å². The maximum Gasteiger partial charge on any atom is 0.234 e. The summed E-state index contributed by atoms with van der Waals surface area (Å²) < 4.78 is 25.0. The van der Waals surface area contributed by atoms with E-state index in [1.807, 2.05) is 43.7 Å². The highest BCUT2D eigenvalue weighted by molar-refractivity contribution is 7.99. The van der Waals surface area contributed by atoms with Crippen LogP contribution in [0.2, 0.25) is 0 Å². The lowest BCUT2D eigenvalue weighted by atomic mass is 10.1. The first-order valence-corrected chi connectivity index (χ1v) is 11.6. The number of aromatic nitrogens is 3. The molecule has 3 rings (SSSR count). The van der Waals surface area contributed by atoms with Gasteiger partial charge in [0.05, 0.1) is 17.3 Å². The van der Waals surface area contributed by atoms with E-state index in [1.165, 1.54) is 17.3 Å². The number of amides is 1. The molecule has 146 valence electrons. The summed E-state index contributed by atoms with van der Waals surface area (Å²) in [7, 11) is -1.04. The third-order valence-corrected chi connectivity index (χ3v) is 7.70. The van der Waals surface area contributed by atoms with E-state index >= 15 is 0 Å². The molecule has 1 fully saturated rings. The maximum atomic E-state index is 12.2. The number of sulfone groups is 1. The normalized spacial score (nSPS) is 18.6. The van der Waals surface area contributed by atoms with Gasteiger partial charge in [0, 0.05) is 19.2 Å². The van der Waals surface area contributed by atoms with Gasteiger partial charge in [0.1, 0.15) is 5.82 Å². The van der Waals surface area contributed by atoms with E-state index in [2.05, 4.69) is 15.5 Å². The smallest absolute Gasteiger partial charge is 0.234 e. The molecule has 0 spiro atoms. The Balaban J connectivity index is 1.54. The Hall–Kier alpha value is -1.87. The molecule has 0 radical (unpaired) electrons. The van der Waals surface area contributed by atoms with Crippen LogP contribution in [0.1, 0.15) is 23.4 Å². The predicted molar refractivity (Wildman–Crippen MR) is 107 cm³/mol. The molecule has 1 aromatic carbocycles. The number of nitrogens with one attached hydrogen (secondary N) is 1. The van der Waals surface area contributed by atoms with Crippen LogP contribution in [-0.4, -0.2) is 46.3 Å². The number of hydrogen-bond donors (Lipinski definition) is 1. The van der Waals surface area contributed by atoms with E-state index in [9.17, 15) is 13.2 Å². The second-order valence-electron chi connectivity index (χ2n) is 7.07. The molecule has 1 atom stereocenters. The maximum absolute atomic E-state index is 12.2. The third-order valence-electron chi connectivity index (χ3n) is 4.85. The SMILES string of the molecule is Cc1ccc(NC(=O)CSc2nnc(C[C@@H]3CCS(=O)(=O)C3)n2C)cc1C. The van der Waals surface area contributed by atoms with Crippen LogP contribution >= 0.6 is 11.8 Å². The first-order chi connectivity index (χ1) is 12.7. The summed E-state index contributed by atoms with van der Waals surface area (Å²) in [6.45, 7) is 4.04. The first kappa shape index (κ1) is 19.9. The van der Waals surface area contributed by atoms with Crippen molar-refractivity contribution < 1.29 is 13.2 Å². The standard InChI is InChI=1S/C18H24N4O3S2/c1-12-4-5-15(8-13(12)2)19-17(23)10-26-18-21-20-16(22(18)3)9-14-6-7-27(24,25)11-14/h4-5,8,14H,6-7,9-11H2,1-3H3,(H,19,23)/t14-/m0/s1. The summed E-state index contributed by atoms with van der Waals surface area (Å²) in [5.74, 6) is 1.47. The van der Waals surface area contributed by atoms with Crippen LogP contribution in [0.25, 0.3) is 0 Å². The predicted octanol–water partition coefficient (Wildman–Crippen LogP) is 2.14. The van der Waals surface area contributed by atoms with Gasteiger partial charge in [-0.15, -0.1) is 10.2 Å². The molecule has 1 N–H and O–H groups in total. The van der Waals surface area contributed by atoms with Gasteiger partial charge in [0.25, 0.3) is 0 Å². The fourth-order valence-electron chi connectivity index (χ4n) is 3.09. The largest absolute Gasteiger partial charge is 0.325 e. The van der Waals surface area contributed by atoms with Gasteiger partial charge in [-0.05, 0) is 49.4 Å². The molecule has 7 nitrogen and oxygen atoms in total. The van der Waals surface area contributed by atoms with Crippen molar-refractivity contribution in [2.24, 2.45) is 13.0 Å². The van der Waals surface area contributed by atoms with Crippen LogP contribution in [0.15, 0.2) is 23.4 Å². The lowest BCUT2D eigenvalue weighted by molar-refractivity contribution is -0.113. The summed E-state index contributed by atoms with van der Waals surface area (Å²) in [6, 6.07) is 5.82. The van der Waals surface area contributed by atoms with Gasteiger partial charge in [-0.3, -0.25) is 4.79 Å². The van der Waals surface area contributed by atoms with Crippen molar-refractivity contribution in [2.75, 3.05) is 22.6 Å². The molecule has 0 unspecified atom stereocenters. The van der Waals surface area contributed by atoms with Crippen LogP contribution in [0.3, 0.4) is 0 Å². The molecule has 0 saturated carbocycles. The second kappa shape index (κ2) is 8.02. The zero-order chi connectivity index (χ0) is 19.6. The molecular formula is C18H24N4O3S2. The number of thioether (sulfide) groups is 1. The van der Waals surface area contributed by atoms with Crippen molar-refractivity contribution in [1.29, 1.82) is 0 Å². The zero-order valence-corrected chi connectivity index (χ0v) is 17.4. The monoisotopic (exact) mass is 408 g/mol. The number of aryl methyl sites for hydroxylation is 2. The van der Waals surface area contributed by atoms with Crippen molar-refractivity contribution in [2.45, 2.75) is 31.8 Å². The van der Waals surface area contributed by atoms with E-state index in [0.717, 1.165) is 17.1 Å². The Labute approximate surface area is 163 Å². The fraction of sp³-hybridized carbons (Fsp3) is 0.500. The quantitative estimate of drug-likeness (QED) is 0.736. The third kappa shape index (κ3) is 5.10. The van der Waals surface area contributed by atoms with Crippen molar-refractivity contribution in [3.63, 3.8) is 0 Å². The Morgan fingerprint density at radius 3 is 2.74 bits per heavy atom. The molecule has 0 bridgehead atoms. The second-order valence-corrected chi connectivity index (χ2v) is 10.2. The van der Waals surface area contributed by atoms with Gasteiger partial charge in [0.15, 0.2) is 15.0 Å². The molecule has 9 heteroatoms. The number of rotatable bonds is 6. The minimum Gasteiger partial charge on any atom is -0.325 e. The summed E-state index contributed by atoms with van der Waals surface area (Å²) in [4.78, 5) is 12.2. The summed E-state index contributed by atoms with van der Waals surface area (Å²) in [6.07, 6.45) is 1.27. The van der Waals surface area contributed by atoms with Gasteiger partial charge >= 0.3 is 0 Å². The fourth-order valence-corrected chi connectivity index (χ4v) is 5.68. The highest BCUT2D eigenvalue weighted by Crippen LogP contribution is 2.24. The average molecular weight is 409 g/mol. The minimum atomic E-state index is -2.89. The van der Waals surface area contributed by atoms with Gasteiger partial charge in [-0.1, -0.05) is 17.8 Å². The molecule has 0 aliphatic carbocycles. The number of anilines is 1.